The van der Waals surface area contributed by atoms with E-state index in [2.05, 4.69) is 20.1 Å². The molecule has 1 saturated heterocycles. The van der Waals surface area contributed by atoms with Gasteiger partial charge in [-0.2, -0.15) is 0 Å². The fourth-order valence-corrected chi connectivity index (χ4v) is 5.12. The van der Waals surface area contributed by atoms with E-state index < -0.39 is 29.8 Å². The van der Waals surface area contributed by atoms with Gasteiger partial charge in [0.15, 0.2) is 0 Å². The van der Waals surface area contributed by atoms with E-state index in [9.17, 15) is 5.53 Å². The molecular formula is C26H26N6O3S. The van der Waals surface area contributed by atoms with Gasteiger partial charge < -0.3 is 14.2 Å². The molecule has 10 heteroatoms. The zero-order valence-corrected chi connectivity index (χ0v) is 20.3. The van der Waals surface area contributed by atoms with E-state index in [-0.39, 0.29) is 6.54 Å². The third kappa shape index (κ3) is 7.02. The maximum Gasteiger partial charge on any atom is 0.119 e. The molecule has 0 unspecified atom stereocenters. The monoisotopic (exact) mass is 502 g/mol. The Morgan fingerprint density at radius 3 is 1.86 bits per heavy atom. The van der Waals surface area contributed by atoms with Crippen molar-refractivity contribution in [3.8, 4) is 0 Å². The van der Waals surface area contributed by atoms with Gasteiger partial charge in [-0.3, -0.25) is 0 Å². The highest BCUT2D eigenvalue weighted by atomic mass is 32.2. The van der Waals surface area contributed by atoms with Crippen LogP contribution in [-0.4, -0.2) is 36.3 Å². The molecular weight excluding hydrogens is 476 g/mol. The van der Waals surface area contributed by atoms with Crippen LogP contribution in [0.5, 0.6) is 0 Å². The molecule has 0 saturated carbocycles. The summed E-state index contributed by atoms with van der Waals surface area (Å²) in [7, 11) is 0. The van der Waals surface area contributed by atoms with Crippen LogP contribution >= 0.6 is 11.8 Å². The molecule has 0 spiro atoms. The lowest BCUT2D eigenvalue weighted by Gasteiger charge is -2.44. The molecule has 0 radical (unpaired) electrons. The number of hydrogen-bond donors (Lipinski definition) is 0. The molecule has 4 rings (SSSR count). The van der Waals surface area contributed by atoms with Gasteiger partial charge in [0.05, 0.1) is 32.0 Å². The molecule has 0 amide bonds. The highest BCUT2D eigenvalue weighted by Gasteiger charge is 2.47. The highest BCUT2D eigenvalue weighted by molar-refractivity contribution is 7.99. The lowest BCUT2D eigenvalue weighted by atomic mass is 9.97. The fraction of sp³-hybridized carbons (Fsp3) is 0.308. The minimum Gasteiger partial charge on any atom is -0.370 e. The second kappa shape index (κ2) is 13.6. The minimum atomic E-state index is -0.688. The van der Waals surface area contributed by atoms with Crippen LogP contribution in [0.2, 0.25) is 0 Å². The summed E-state index contributed by atoms with van der Waals surface area (Å²) in [4.78, 5) is 6.99. The van der Waals surface area contributed by atoms with E-state index in [4.69, 9.17) is 19.7 Å². The third-order valence-electron chi connectivity index (χ3n) is 5.69. The van der Waals surface area contributed by atoms with Gasteiger partial charge in [0.1, 0.15) is 17.6 Å². The molecule has 0 aromatic heterocycles. The van der Waals surface area contributed by atoms with Gasteiger partial charge in [-0.1, -0.05) is 101 Å². The summed E-state index contributed by atoms with van der Waals surface area (Å²) in [5.41, 5.74) is 19.8. The Labute approximate surface area is 213 Å². The number of benzene rings is 3. The summed E-state index contributed by atoms with van der Waals surface area (Å²) in [6.45, 7) is 0.646. The quantitative estimate of drug-likeness (QED) is 0.165. The molecule has 1 fully saturated rings. The first-order valence-electron chi connectivity index (χ1n) is 11.5. The van der Waals surface area contributed by atoms with Gasteiger partial charge in [0, 0.05) is 14.7 Å². The maximum absolute atomic E-state index is 9.44. The second-order valence-corrected chi connectivity index (χ2v) is 9.28. The summed E-state index contributed by atoms with van der Waals surface area (Å²) in [5, 5.41) is 7.87. The van der Waals surface area contributed by atoms with Crippen molar-refractivity contribution < 1.29 is 14.2 Å². The van der Waals surface area contributed by atoms with Crippen LogP contribution in [0.1, 0.15) is 11.1 Å². The normalized spacial score (nSPS) is 23.3. The molecule has 184 valence electrons. The summed E-state index contributed by atoms with van der Waals surface area (Å²) < 4.78 is 19.1. The van der Waals surface area contributed by atoms with Gasteiger partial charge in [0.2, 0.25) is 0 Å². The van der Waals surface area contributed by atoms with Crippen LogP contribution in [0.15, 0.2) is 106 Å². The molecule has 1 heterocycles. The zero-order chi connectivity index (χ0) is 25.0. The molecule has 1 aliphatic heterocycles. The molecule has 3 aromatic rings. The molecule has 0 bridgehead atoms. The summed E-state index contributed by atoms with van der Waals surface area (Å²) in [5.74, 6) is 0. The lowest BCUT2D eigenvalue weighted by molar-refractivity contribution is -0.195. The average molecular weight is 503 g/mol. The standard InChI is InChI=1S/C26H26N6O3S/c27-31-29-16-22-24(33-17-19-10-4-1-5-11-19)25(34-18-20-12-6-2-7-13-20)23(30-32-28)26(35-22)36-21-14-8-3-9-15-21/h1-15,22-26H,16-18H2/t22-,23-,24-,25-,26+/m1/s1. The fourth-order valence-electron chi connectivity index (χ4n) is 3.99. The highest BCUT2D eigenvalue weighted by Crippen LogP contribution is 2.38. The number of hydrogen-bond acceptors (Lipinski definition) is 6. The van der Waals surface area contributed by atoms with Crippen LogP contribution in [0, 0.1) is 0 Å². The van der Waals surface area contributed by atoms with Crippen LogP contribution in [0.4, 0.5) is 0 Å². The average Bonchev–Trinajstić information content (AvgIpc) is 2.93. The van der Waals surface area contributed by atoms with E-state index >= 15 is 0 Å². The van der Waals surface area contributed by atoms with Crippen LogP contribution in [0.25, 0.3) is 20.9 Å². The Kier molecular flexibility index (Phi) is 9.64. The van der Waals surface area contributed by atoms with Gasteiger partial charge in [-0.05, 0) is 34.3 Å². The van der Waals surface area contributed by atoms with Crippen molar-refractivity contribution in [1.82, 2.24) is 0 Å². The Hall–Kier alpha value is -3.49. The van der Waals surface area contributed by atoms with E-state index in [1.807, 2.05) is 91.0 Å². The van der Waals surface area contributed by atoms with Gasteiger partial charge >= 0.3 is 0 Å². The zero-order valence-electron chi connectivity index (χ0n) is 19.5. The first kappa shape index (κ1) is 25.6. The van der Waals surface area contributed by atoms with E-state index in [1.54, 1.807) is 0 Å². The van der Waals surface area contributed by atoms with Crippen molar-refractivity contribution in [1.29, 1.82) is 0 Å². The molecule has 0 aliphatic carbocycles. The first-order valence-corrected chi connectivity index (χ1v) is 12.4. The van der Waals surface area contributed by atoms with Crippen molar-refractivity contribution in [2.24, 2.45) is 10.2 Å². The maximum atomic E-state index is 9.44. The number of rotatable bonds is 11. The number of nitrogens with zero attached hydrogens (tertiary/aromatic N) is 6. The third-order valence-corrected chi connectivity index (χ3v) is 6.86. The largest absolute Gasteiger partial charge is 0.370 e. The predicted octanol–water partition coefficient (Wildman–Crippen LogP) is 6.66. The van der Waals surface area contributed by atoms with Crippen LogP contribution < -0.4 is 0 Å². The molecule has 1 aliphatic rings. The minimum absolute atomic E-state index is 0.0516. The Morgan fingerprint density at radius 2 is 1.31 bits per heavy atom. The van der Waals surface area contributed by atoms with Crippen molar-refractivity contribution in [3.63, 3.8) is 0 Å². The molecule has 9 nitrogen and oxygen atoms in total. The van der Waals surface area contributed by atoms with E-state index in [1.165, 1.54) is 11.8 Å². The number of ether oxygens (including phenoxy) is 3. The van der Waals surface area contributed by atoms with E-state index in [0.717, 1.165) is 16.0 Å². The Balaban J connectivity index is 1.65. The Morgan fingerprint density at radius 1 is 0.750 bits per heavy atom. The summed E-state index contributed by atoms with van der Waals surface area (Å²) in [6, 6.07) is 28.5. The first-order chi connectivity index (χ1) is 17.8. The molecule has 5 atom stereocenters. The van der Waals surface area contributed by atoms with Gasteiger partial charge in [-0.15, -0.1) is 0 Å². The van der Waals surface area contributed by atoms with E-state index in [0.29, 0.717) is 13.2 Å². The molecule has 36 heavy (non-hydrogen) atoms. The number of azide groups is 2. The number of thioether (sulfide) groups is 1. The summed E-state index contributed by atoms with van der Waals surface area (Å²) in [6.07, 6.45) is -1.88. The Bertz CT molecular complexity index is 1170. The van der Waals surface area contributed by atoms with Crippen molar-refractivity contribution in [2.75, 3.05) is 6.54 Å². The van der Waals surface area contributed by atoms with Crippen LogP contribution in [-0.2, 0) is 27.4 Å². The van der Waals surface area contributed by atoms with Crippen LogP contribution in [0.3, 0.4) is 0 Å². The van der Waals surface area contributed by atoms with Crippen molar-refractivity contribution >= 4 is 11.8 Å². The second-order valence-electron chi connectivity index (χ2n) is 8.11. The lowest BCUT2D eigenvalue weighted by Crippen LogP contribution is -2.58. The molecule has 0 N–H and O–H groups in total. The molecule has 3 aromatic carbocycles. The van der Waals surface area contributed by atoms with Crippen molar-refractivity contribution in [3.05, 3.63) is 123 Å². The predicted molar refractivity (Wildman–Crippen MR) is 138 cm³/mol. The van der Waals surface area contributed by atoms with Crippen molar-refractivity contribution in [2.45, 2.75) is 47.9 Å². The summed E-state index contributed by atoms with van der Waals surface area (Å²) >= 11 is 1.43. The van der Waals surface area contributed by atoms with Gasteiger partial charge in [0.25, 0.3) is 0 Å². The smallest absolute Gasteiger partial charge is 0.119 e. The topological polar surface area (TPSA) is 125 Å². The van der Waals surface area contributed by atoms with Gasteiger partial charge in [-0.25, -0.2) is 0 Å². The SMILES string of the molecule is [N-]=[N+]=NC[C@H]1O[C@@H](Sc2ccccc2)[C@H](N=[N+]=[N-])[C@@H](OCc2ccccc2)[C@@H]1OCc1ccccc1.